The molecule has 1 heterocycles. The summed E-state index contributed by atoms with van der Waals surface area (Å²) in [5.41, 5.74) is 1.40. The Labute approximate surface area is 156 Å². The minimum Gasteiger partial charge on any atom is -0.448 e. The maximum Gasteiger partial charge on any atom is 0.351 e. The van der Waals surface area contributed by atoms with Crippen molar-refractivity contribution in [1.29, 1.82) is 0 Å². The second kappa shape index (κ2) is 8.45. The van der Waals surface area contributed by atoms with Gasteiger partial charge in [-0.1, -0.05) is 37.6 Å². The van der Waals surface area contributed by atoms with E-state index < -0.39 is 12.1 Å². The third-order valence-electron chi connectivity index (χ3n) is 3.39. The average molecular weight is 381 g/mol. The molecule has 7 heteroatoms. The lowest BCUT2D eigenvalue weighted by atomic mass is 10.2. The standard InChI is InChI=1S/C18H21ClN2O3S/c1-10(2)9-20-16(22)12(4)24-18(23)15-11(3)21-17(25-15)13-6-5-7-14(19)8-13/h5-8,10,12H,9H2,1-4H3,(H,20,22)/t12-/m1/s1. The number of nitrogens with zero attached hydrogens (tertiary/aromatic N) is 1. The molecule has 0 saturated heterocycles. The highest BCUT2D eigenvalue weighted by molar-refractivity contribution is 7.17. The lowest BCUT2D eigenvalue weighted by molar-refractivity contribution is -0.129. The Morgan fingerprint density at radius 2 is 2.04 bits per heavy atom. The van der Waals surface area contributed by atoms with Gasteiger partial charge >= 0.3 is 5.97 Å². The third kappa shape index (κ3) is 5.28. The van der Waals surface area contributed by atoms with Crippen LogP contribution in [0.3, 0.4) is 0 Å². The summed E-state index contributed by atoms with van der Waals surface area (Å²) in [6.45, 7) is 7.83. The summed E-state index contributed by atoms with van der Waals surface area (Å²) < 4.78 is 5.28. The lowest BCUT2D eigenvalue weighted by Gasteiger charge is -2.14. The van der Waals surface area contributed by atoms with E-state index in [0.717, 1.165) is 5.56 Å². The van der Waals surface area contributed by atoms with Crippen LogP contribution in [0.15, 0.2) is 24.3 Å². The van der Waals surface area contributed by atoms with Crippen LogP contribution in [0.5, 0.6) is 0 Å². The lowest BCUT2D eigenvalue weighted by Crippen LogP contribution is -2.37. The van der Waals surface area contributed by atoms with Gasteiger partial charge in [0, 0.05) is 17.1 Å². The normalized spacial score (nSPS) is 12.1. The van der Waals surface area contributed by atoms with Gasteiger partial charge in [-0.05, 0) is 31.9 Å². The maximum absolute atomic E-state index is 12.4. The number of rotatable bonds is 6. The first-order valence-corrected chi connectivity index (χ1v) is 9.19. The van der Waals surface area contributed by atoms with E-state index in [1.807, 2.05) is 26.0 Å². The number of ether oxygens (including phenoxy) is 1. The van der Waals surface area contributed by atoms with Gasteiger partial charge in [0.15, 0.2) is 6.10 Å². The van der Waals surface area contributed by atoms with Crippen molar-refractivity contribution in [3.8, 4) is 10.6 Å². The minimum atomic E-state index is -0.859. The molecule has 25 heavy (non-hydrogen) atoms. The van der Waals surface area contributed by atoms with Crippen LogP contribution in [0, 0.1) is 12.8 Å². The largest absolute Gasteiger partial charge is 0.448 e. The van der Waals surface area contributed by atoms with E-state index in [9.17, 15) is 9.59 Å². The van der Waals surface area contributed by atoms with Crippen molar-refractivity contribution in [3.05, 3.63) is 39.9 Å². The molecule has 5 nitrogen and oxygen atoms in total. The molecule has 1 amide bonds. The van der Waals surface area contributed by atoms with Gasteiger partial charge in [0.1, 0.15) is 9.88 Å². The zero-order chi connectivity index (χ0) is 18.6. The number of amides is 1. The summed E-state index contributed by atoms with van der Waals surface area (Å²) in [5, 5.41) is 4.03. The molecule has 0 aliphatic heterocycles. The number of carbonyl (C=O) groups excluding carboxylic acids is 2. The van der Waals surface area contributed by atoms with Crippen molar-refractivity contribution in [3.63, 3.8) is 0 Å². The monoisotopic (exact) mass is 380 g/mol. The van der Waals surface area contributed by atoms with E-state index >= 15 is 0 Å². The van der Waals surface area contributed by atoms with Crippen molar-refractivity contribution in [2.45, 2.75) is 33.8 Å². The fourth-order valence-electron chi connectivity index (χ4n) is 2.05. The highest BCUT2D eigenvalue weighted by Gasteiger charge is 2.23. The molecule has 2 aromatic rings. The summed E-state index contributed by atoms with van der Waals surface area (Å²) in [6.07, 6.45) is -0.859. The Kier molecular flexibility index (Phi) is 6.56. The molecule has 0 radical (unpaired) electrons. The van der Waals surface area contributed by atoms with Crippen LogP contribution in [0.4, 0.5) is 0 Å². The van der Waals surface area contributed by atoms with Gasteiger partial charge in [-0.15, -0.1) is 11.3 Å². The fraction of sp³-hybridized carbons (Fsp3) is 0.389. The number of esters is 1. The number of thiazole rings is 1. The van der Waals surface area contributed by atoms with Crippen molar-refractivity contribution >= 4 is 34.8 Å². The number of aryl methyl sites for hydroxylation is 1. The number of hydrogen-bond donors (Lipinski definition) is 1. The molecule has 0 spiro atoms. The Balaban J connectivity index is 2.08. The molecule has 0 saturated carbocycles. The zero-order valence-electron chi connectivity index (χ0n) is 14.6. The number of hydrogen-bond acceptors (Lipinski definition) is 5. The van der Waals surface area contributed by atoms with Gasteiger partial charge in [0.2, 0.25) is 0 Å². The van der Waals surface area contributed by atoms with Crippen molar-refractivity contribution in [1.82, 2.24) is 10.3 Å². The van der Waals surface area contributed by atoms with Crippen LogP contribution in [-0.4, -0.2) is 29.5 Å². The van der Waals surface area contributed by atoms with Gasteiger partial charge in [0.25, 0.3) is 5.91 Å². The molecule has 0 unspecified atom stereocenters. The van der Waals surface area contributed by atoms with Crippen LogP contribution in [0.1, 0.15) is 36.1 Å². The van der Waals surface area contributed by atoms with Crippen molar-refractivity contribution in [2.24, 2.45) is 5.92 Å². The van der Waals surface area contributed by atoms with Crippen molar-refractivity contribution < 1.29 is 14.3 Å². The van der Waals surface area contributed by atoms with Crippen LogP contribution < -0.4 is 5.32 Å². The van der Waals surface area contributed by atoms with Gasteiger partial charge < -0.3 is 10.1 Å². The van der Waals surface area contributed by atoms with E-state index in [2.05, 4.69) is 10.3 Å². The molecule has 0 aliphatic carbocycles. The van der Waals surface area contributed by atoms with Crippen LogP contribution in [0.25, 0.3) is 10.6 Å². The number of aromatic nitrogens is 1. The number of benzene rings is 1. The predicted octanol–water partition coefficient (Wildman–Crippen LogP) is 4.09. The number of halogens is 1. The molecule has 2 rings (SSSR count). The van der Waals surface area contributed by atoms with Gasteiger partial charge in [-0.2, -0.15) is 0 Å². The fourth-order valence-corrected chi connectivity index (χ4v) is 3.18. The quantitative estimate of drug-likeness (QED) is 0.766. The summed E-state index contributed by atoms with van der Waals surface area (Å²) in [6, 6.07) is 7.27. The Hall–Kier alpha value is -1.92. The first kappa shape index (κ1) is 19.4. The minimum absolute atomic E-state index is 0.306. The molecule has 1 aromatic carbocycles. The Morgan fingerprint density at radius 1 is 1.32 bits per heavy atom. The number of nitrogens with one attached hydrogen (secondary N) is 1. The van der Waals surface area contributed by atoms with Gasteiger partial charge in [0.05, 0.1) is 5.69 Å². The van der Waals surface area contributed by atoms with Gasteiger partial charge in [-0.25, -0.2) is 9.78 Å². The highest BCUT2D eigenvalue weighted by atomic mass is 35.5. The van der Waals surface area contributed by atoms with Crippen LogP contribution >= 0.6 is 22.9 Å². The summed E-state index contributed by atoms with van der Waals surface area (Å²) in [5.74, 6) is -0.523. The summed E-state index contributed by atoms with van der Waals surface area (Å²) in [7, 11) is 0. The first-order valence-electron chi connectivity index (χ1n) is 8.00. The summed E-state index contributed by atoms with van der Waals surface area (Å²) in [4.78, 5) is 29.1. The third-order valence-corrected chi connectivity index (χ3v) is 4.81. The van der Waals surface area contributed by atoms with E-state index in [1.165, 1.54) is 11.3 Å². The molecule has 0 aliphatic rings. The molecule has 0 bridgehead atoms. The molecule has 1 N–H and O–H groups in total. The van der Waals surface area contributed by atoms with E-state index in [0.29, 0.717) is 33.1 Å². The molecule has 1 aromatic heterocycles. The first-order chi connectivity index (χ1) is 11.8. The van der Waals surface area contributed by atoms with Gasteiger partial charge in [-0.3, -0.25) is 4.79 Å². The SMILES string of the molecule is Cc1nc(-c2cccc(Cl)c2)sc1C(=O)O[C@H](C)C(=O)NCC(C)C. The second-order valence-electron chi connectivity index (χ2n) is 6.13. The Morgan fingerprint density at radius 3 is 2.68 bits per heavy atom. The average Bonchev–Trinajstić information content (AvgIpc) is 2.94. The van der Waals surface area contributed by atoms with Crippen LogP contribution in [0.2, 0.25) is 5.02 Å². The molecular formula is C18H21ClN2O3S. The molecule has 1 atom stereocenters. The van der Waals surface area contributed by atoms with Crippen LogP contribution in [-0.2, 0) is 9.53 Å². The molecule has 0 fully saturated rings. The molecular weight excluding hydrogens is 360 g/mol. The smallest absolute Gasteiger partial charge is 0.351 e. The summed E-state index contributed by atoms with van der Waals surface area (Å²) >= 11 is 7.23. The molecule has 134 valence electrons. The van der Waals surface area contributed by atoms with E-state index in [1.54, 1.807) is 26.0 Å². The zero-order valence-corrected chi connectivity index (χ0v) is 16.2. The topological polar surface area (TPSA) is 68.3 Å². The number of carbonyl (C=O) groups is 2. The van der Waals surface area contributed by atoms with E-state index in [-0.39, 0.29) is 5.91 Å². The van der Waals surface area contributed by atoms with E-state index in [4.69, 9.17) is 16.3 Å². The predicted molar refractivity (Wildman–Crippen MR) is 100 cm³/mol. The van der Waals surface area contributed by atoms with Crippen molar-refractivity contribution in [2.75, 3.05) is 6.54 Å². The Bertz CT molecular complexity index is 773. The highest BCUT2D eigenvalue weighted by Crippen LogP contribution is 2.30. The maximum atomic E-state index is 12.4. The second-order valence-corrected chi connectivity index (χ2v) is 7.57.